The molecule has 5 heteroatoms. The van der Waals surface area contributed by atoms with Crippen molar-refractivity contribution >= 4 is 18.3 Å². The number of amides is 1. The lowest BCUT2D eigenvalue weighted by Gasteiger charge is -2.32. The van der Waals surface area contributed by atoms with Crippen LogP contribution >= 0.6 is 12.4 Å². The van der Waals surface area contributed by atoms with Crippen LogP contribution in [0.3, 0.4) is 0 Å². The number of nitrogens with one attached hydrogen (secondary N) is 1. The Kier molecular flexibility index (Phi) is 5.65. The Bertz CT molecular complexity index is 311. The van der Waals surface area contributed by atoms with E-state index in [0.717, 1.165) is 6.54 Å². The number of halogens is 1. The fraction of sp³-hybridized carbons (Fsp3) is 0.929. The summed E-state index contributed by atoms with van der Waals surface area (Å²) in [6.45, 7) is 6.47. The molecule has 0 radical (unpaired) electrons. The lowest BCUT2D eigenvalue weighted by molar-refractivity contribution is -0.130. The summed E-state index contributed by atoms with van der Waals surface area (Å²) in [5, 5.41) is 3.08. The number of nitrogens with two attached hydrogens (primary N) is 1. The molecule has 4 nitrogen and oxygen atoms in total. The molecule has 2 aliphatic rings. The molecule has 0 aromatic rings. The minimum atomic E-state index is -0.702. The predicted molar refractivity (Wildman–Crippen MR) is 78.4 cm³/mol. The van der Waals surface area contributed by atoms with Crippen LogP contribution < -0.4 is 11.1 Å². The first-order valence-corrected chi connectivity index (χ1v) is 7.11. The van der Waals surface area contributed by atoms with E-state index in [0.29, 0.717) is 37.4 Å². The molecule has 1 amide bonds. The monoisotopic (exact) mass is 290 g/mol. The molecule has 1 saturated heterocycles. The fourth-order valence-corrected chi connectivity index (χ4v) is 2.90. The van der Waals surface area contributed by atoms with Crippen LogP contribution in [-0.4, -0.2) is 31.2 Å². The molecule has 1 saturated carbocycles. The van der Waals surface area contributed by atoms with Gasteiger partial charge in [0.05, 0.1) is 5.54 Å². The van der Waals surface area contributed by atoms with Crippen LogP contribution in [0.4, 0.5) is 0 Å². The van der Waals surface area contributed by atoms with E-state index in [1.807, 2.05) is 0 Å². The molecule has 2 fully saturated rings. The Hall–Kier alpha value is -0.320. The lowest BCUT2D eigenvalue weighted by atomic mass is 9.89. The lowest BCUT2D eigenvalue weighted by Crippen LogP contribution is -2.57. The van der Waals surface area contributed by atoms with Crippen molar-refractivity contribution in [2.45, 2.75) is 51.5 Å². The van der Waals surface area contributed by atoms with Gasteiger partial charge >= 0.3 is 0 Å². The molecule has 0 bridgehead atoms. The van der Waals surface area contributed by atoms with Crippen LogP contribution in [0, 0.1) is 11.3 Å². The first kappa shape index (κ1) is 16.7. The summed E-state index contributed by atoms with van der Waals surface area (Å²) in [5.74, 6) is 0.708. The van der Waals surface area contributed by atoms with E-state index in [2.05, 4.69) is 19.2 Å². The van der Waals surface area contributed by atoms with Crippen molar-refractivity contribution in [1.82, 2.24) is 5.32 Å². The summed E-state index contributed by atoms with van der Waals surface area (Å²) < 4.78 is 5.27. The van der Waals surface area contributed by atoms with Crippen LogP contribution in [0.2, 0.25) is 0 Å². The summed E-state index contributed by atoms with van der Waals surface area (Å²) >= 11 is 0. The quantitative estimate of drug-likeness (QED) is 0.812. The number of carbonyl (C=O) groups excluding carboxylic acids is 1. The molecular weight excluding hydrogens is 264 g/mol. The van der Waals surface area contributed by atoms with Gasteiger partial charge in [-0.3, -0.25) is 4.79 Å². The molecule has 0 unspecified atom stereocenters. The van der Waals surface area contributed by atoms with Gasteiger partial charge in [-0.05, 0) is 43.4 Å². The SMILES string of the molecule is CC(C)CC1(CNC(=O)C2(N)CCOCC2)CC1.Cl. The number of hydrogen-bond acceptors (Lipinski definition) is 3. The number of hydrogen-bond donors (Lipinski definition) is 2. The summed E-state index contributed by atoms with van der Waals surface area (Å²) in [4.78, 5) is 12.2. The first-order chi connectivity index (χ1) is 8.46. The zero-order valence-corrected chi connectivity index (χ0v) is 12.9. The minimum absolute atomic E-state index is 0. The fourth-order valence-electron chi connectivity index (χ4n) is 2.90. The third-order valence-electron chi connectivity index (χ3n) is 4.26. The molecule has 0 atom stereocenters. The largest absolute Gasteiger partial charge is 0.381 e. The zero-order valence-electron chi connectivity index (χ0n) is 12.0. The molecule has 112 valence electrons. The Labute approximate surface area is 122 Å². The van der Waals surface area contributed by atoms with Gasteiger partial charge in [0.1, 0.15) is 0 Å². The molecule has 1 heterocycles. The molecular formula is C14H27ClN2O2. The highest BCUT2D eigenvalue weighted by molar-refractivity contribution is 5.86. The van der Waals surface area contributed by atoms with Crippen LogP contribution in [-0.2, 0) is 9.53 Å². The van der Waals surface area contributed by atoms with E-state index in [1.54, 1.807) is 0 Å². The predicted octanol–water partition coefficient (Wildman–Crippen LogP) is 1.86. The highest BCUT2D eigenvalue weighted by Crippen LogP contribution is 2.50. The van der Waals surface area contributed by atoms with Crippen LogP contribution in [0.5, 0.6) is 0 Å². The Morgan fingerprint density at radius 3 is 2.32 bits per heavy atom. The first-order valence-electron chi connectivity index (χ1n) is 7.11. The van der Waals surface area contributed by atoms with Gasteiger partial charge in [0.2, 0.25) is 5.91 Å². The van der Waals surface area contributed by atoms with Crippen LogP contribution in [0.1, 0.15) is 46.0 Å². The van der Waals surface area contributed by atoms with E-state index in [-0.39, 0.29) is 18.3 Å². The summed E-state index contributed by atoms with van der Waals surface area (Å²) in [7, 11) is 0. The van der Waals surface area contributed by atoms with Gasteiger partial charge in [-0.1, -0.05) is 13.8 Å². The molecule has 2 rings (SSSR count). The van der Waals surface area contributed by atoms with Gasteiger partial charge in [0.15, 0.2) is 0 Å². The van der Waals surface area contributed by atoms with Gasteiger partial charge in [0.25, 0.3) is 0 Å². The van der Waals surface area contributed by atoms with Crippen molar-refractivity contribution in [3.05, 3.63) is 0 Å². The highest BCUT2D eigenvalue weighted by atomic mass is 35.5. The van der Waals surface area contributed by atoms with Gasteiger partial charge in [-0.15, -0.1) is 12.4 Å². The van der Waals surface area contributed by atoms with Gasteiger partial charge in [-0.25, -0.2) is 0 Å². The summed E-state index contributed by atoms with van der Waals surface area (Å²) in [5.41, 5.74) is 5.83. The Morgan fingerprint density at radius 2 is 1.84 bits per heavy atom. The summed E-state index contributed by atoms with van der Waals surface area (Å²) in [6, 6.07) is 0. The average Bonchev–Trinajstić information content (AvgIpc) is 3.06. The van der Waals surface area contributed by atoms with Gasteiger partial charge < -0.3 is 15.8 Å². The maximum Gasteiger partial charge on any atom is 0.240 e. The smallest absolute Gasteiger partial charge is 0.240 e. The number of ether oxygens (including phenoxy) is 1. The molecule has 3 N–H and O–H groups in total. The molecule has 0 aromatic heterocycles. The summed E-state index contributed by atoms with van der Waals surface area (Å²) in [6.07, 6.45) is 4.96. The zero-order chi connectivity index (χ0) is 13.2. The van der Waals surface area contributed by atoms with Crippen molar-refractivity contribution in [2.75, 3.05) is 19.8 Å². The second kappa shape index (κ2) is 6.42. The maximum atomic E-state index is 12.2. The third kappa shape index (κ3) is 4.33. The molecule has 1 aliphatic carbocycles. The minimum Gasteiger partial charge on any atom is -0.381 e. The second-order valence-electron chi connectivity index (χ2n) is 6.55. The standard InChI is InChI=1S/C14H26N2O2.ClH/c1-11(2)9-13(3-4-13)10-16-12(17)14(15)5-7-18-8-6-14;/h11H,3-10,15H2,1-2H3,(H,16,17);1H. The van der Waals surface area contributed by atoms with E-state index in [4.69, 9.17) is 10.5 Å². The normalized spacial score (nSPS) is 23.6. The molecule has 19 heavy (non-hydrogen) atoms. The Balaban J connectivity index is 0.00000180. The Morgan fingerprint density at radius 1 is 1.26 bits per heavy atom. The van der Waals surface area contributed by atoms with Gasteiger partial charge in [0, 0.05) is 19.8 Å². The van der Waals surface area contributed by atoms with Crippen molar-refractivity contribution in [2.24, 2.45) is 17.1 Å². The topological polar surface area (TPSA) is 64.4 Å². The third-order valence-corrected chi connectivity index (χ3v) is 4.26. The van der Waals surface area contributed by atoms with Gasteiger partial charge in [-0.2, -0.15) is 0 Å². The molecule has 0 spiro atoms. The van der Waals surface area contributed by atoms with Crippen molar-refractivity contribution in [3.8, 4) is 0 Å². The van der Waals surface area contributed by atoms with Crippen LogP contribution in [0.15, 0.2) is 0 Å². The van der Waals surface area contributed by atoms with Crippen molar-refractivity contribution in [1.29, 1.82) is 0 Å². The highest BCUT2D eigenvalue weighted by Gasteiger charge is 2.44. The molecule has 1 aliphatic heterocycles. The van der Waals surface area contributed by atoms with E-state index in [9.17, 15) is 4.79 Å². The number of carbonyl (C=O) groups is 1. The van der Waals surface area contributed by atoms with E-state index in [1.165, 1.54) is 19.3 Å². The van der Waals surface area contributed by atoms with Crippen LogP contribution in [0.25, 0.3) is 0 Å². The van der Waals surface area contributed by atoms with Crippen molar-refractivity contribution in [3.63, 3.8) is 0 Å². The van der Waals surface area contributed by atoms with Crippen molar-refractivity contribution < 1.29 is 9.53 Å². The average molecular weight is 291 g/mol. The van der Waals surface area contributed by atoms with E-state index >= 15 is 0 Å². The van der Waals surface area contributed by atoms with E-state index < -0.39 is 5.54 Å². The maximum absolute atomic E-state index is 12.2. The molecule has 0 aromatic carbocycles. The second-order valence-corrected chi connectivity index (χ2v) is 6.55. The number of rotatable bonds is 5.